The van der Waals surface area contributed by atoms with E-state index in [-0.39, 0.29) is 12.6 Å². The molecule has 0 aromatic heterocycles. The molecule has 0 heterocycles. The molecule has 4 heteroatoms. The molecule has 0 unspecified atom stereocenters. The highest BCUT2D eigenvalue weighted by Crippen LogP contribution is 2.30. The maximum Gasteiger partial charge on any atom is 0.123 e. The van der Waals surface area contributed by atoms with Gasteiger partial charge in [0.05, 0.1) is 14.2 Å². The van der Waals surface area contributed by atoms with Crippen molar-refractivity contribution in [2.75, 3.05) is 20.8 Å². The second-order valence-corrected chi connectivity index (χ2v) is 3.58. The van der Waals surface area contributed by atoms with Crippen LogP contribution < -0.4 is 15.2 Å². The Labute approximate surface area is 96.0 Å². The smallest absolute Gasteiger partial charge is 0.123 e. The molecule has 0 aliphatic carbocycles. The van der Waals surface area contributed by atoms with Gasteiger partial charge < -0.3 is 20.3 Å². The molecule has 0 fully saturated rings. The first-order valence-electron chi connectivity index (χ1n) is 5.31. The van der Waals surface area contributed by atoms with Gasteiger partial charge in [0, 0.05) is 18.2 Å². The van der Waals surface area contributed by atoms with Crippen molar-refractivity contribution < 1.29 is 14.6 Å². The second kappa shape index (κ2) is 6.35. The van der Waals surface area contributed by atoms with E-state index >= 15 is 0 Å². The van der Waals surface area contributed by atoms with E-state index in [0.717, 1.165) is 23.5 Å². The SMILES string of the molecule is COc1ccc(OC)c([C@H](N)CCCO)c1. The van der Waals surface area contributed by atoms with Gasteiger partial charge in [-0.25, -0.2) is 0 Å². The van der Waals surface area contributed by atoms with Crippen LogP contribution in [0.5, 0.6) is 11.5 Å². The minimum Gasteiger partial charge on any atom is -0.497 e. The fourth-order valence-corrected chi connectivity index (χ4v) is 1.60. The van der Waals surface area contributed by atoms with Gasteiger partial charge in [-0.3, -0.25) is 0 Å². The Hall–Kier alpha value is -1.26. The lowest BCUT2D eigenvalue weighted by Crippen LogP contribution is -2.12. The number of aliphatic hydroxyl groups excluding tert-OH is 1. The predicted octanol–water partition coefficient (Wildman–Crippen LogP) is 1.48. The summed E-state index contributed by atoms with van der Waals surface area (Å²) in [4.78, 5) is 0. The third-order valence-electron chi connectivity index (χ3n) is 2.51. The maximum absolute atomic E-state index is 8.78. The Balaban J connectivity index is 2.89. The van der Waals surface area contributed by atoms with Gasteiger partial charge >= 0.3 is 0 Å². The summed E-state index contributed by atoms with van der Waals surface area (Å²) in [6.07, 6.45) is 1.40. The number of methoxy groups -OCH3 is 2. The van der Waals surface area contributed by atoms with E-state index in [4.69, 9.17) is 20.3 Å². The van der Waals surface area contributed by atoms with Crippen LogP contribution in [0.15, 0.2) is 18.2 Å². The zero-order valence-corrected chi connectivity index (χ0v) is 9.77. The summed E-state index contributed by atoms with van der Waals surface area (Å²) >= 11 is 0. The standard InChI is InChI=1S/C12H19NO3/c1-15-9-5-6-12(16-2)10(8-9)11(13)4-3-7-14/h5-6,8,11,14H,3-4,7,13H2,1-2H3/t11-/m1/s1. The van der Waals surface area contributed by atoms with Crippen molar-refractivity contribution >= 4 is 0 Å². The van der Waals surface area contributed by atoms with Crippen LogP contribution >= 0.6 is 0 Å². The van der Waals surface area contributed by atoms with Crippen molar-refractivity contribution in [3.63, 3.8) is 0 Å². The van der Waals surface area contributed by atoms with Gasteiger partial charge in [-0.05, 0) is 31.0 Å². The molecule has 1 aromatic rings. The van der Waals surface area contributed by atoms with E-state index in [9.17, 15) is 0 Å². The van der Waals surface area contributed by atoms with Crippen LogP contribution in [0.2, 0.25) is 0 Å². The van der Waals surface area contributed by atoms with Gasteiger partial charge in [-0.1, -0.05) is 0 Å². The summed E-state index contributed by atoms with van der Waals surface area (Å²) in [5.74, 6) is 1.52. The molecule has 0 saturated carbocycles. The zero-order valence-electron chi connectivity index (χ0n) is 9.77. The van der Waals surface area contributed by atoms with E-state index in [2.05, 4.69) is 0 Å². The highest BCUT2D eigenvalue weighted by molar-refractivity contribution is 5.42. The molecule has 16 heavy (non-hydrogen) atoms. The van der Waals surface area contributed by atoms with Crippen LogP contribution in [-0.2, 0) is 0 Å². The Morgan fingerprint density at radius 2 is 2.06 bits per heavy atom. The number of ether oxygens (including phenoxy) is 2. The van der Waals surface area contributed by atoms with E-state index in [0.29, 0.717) is 6.42 Å². The molecule has 1 atom stereocenters. The van der Waals surface area contributed by atoms with Gasteiger partial charge in [-0.15, -0.1) is 0 Å². The number of hydrogen-bond donors (Lipinski definition) is 2. The summed E-state index contributed by atoms with van der Waals surface area (Å²) in [6, 6.07) is 5.41. The van der Waals surface area contributed by atoms with Crippen molar-refractivity contribution in [2.24, 2.45) is 5.73 Å². The molecule has 0 aliphatic rings. The first-order valence-corrected chi connectivity index (χ1v) is 5.31. The van der Waals surface area contributed by atoms with Crippen LogP contribution in [0, 0.1) is 0 Å². The normalized spacial score (nSPS) is 12.2. The molecule has 1 aromatic carbocycles. The number of hydrogen-bond acceptors (Lipinski definition) is 4. The molecule has 0 amide bonds. The molecule has 4 nitrogen and oxygen atoms in total. The molecule has 1 rings (SSSR count). The summed E-state index contributed by atoms with van der Waals surface area (Å²) in [5.41, 5.74) is 6.95. The monoisotopic (exact) mass is 225 g/mol. The van der Waals surface area contributed by atoms with Crippen LogP contribution in [0.4, 0.5) is 0 Å². The molecule has 0 aliphatic heterocycles. The Bertz CT molecular complexity index is 328. The molecule has 90 valence electrons. The summed E-state index contributed by atoms with van der Waals surface area (Å²) in [5, 5.41) is 8.78. The highest BCUT2D eigenvalue weighted by Gasteiger charge is 2.12. The van der Waals surface area contributed by atoms with E-state index in [1.165, 1.54) is 0 Å². The Morgan fingerprint density at radius 1 is 1.31 bits per heavy atom. The third-order valence-corrected chi connectivity index (χ3v) is 2.51. The molecule has 0 spiro atoms. The predicted molar refractivity (Wildman–Crippen MR) is 62.8 cm³/mol. The minimum absolute atomic E-state index is 0.141. The Kier molecular flexibility index (Phi) is 5.08. The lowest BCUT2D eigenvalue weighted by Gasteiger charge is -2.16. The lowest BCUT2D eigenvalue weighted by atomic mass is 10.0. The summed E-state index contributed by atoms with van der Waals surface area (Å²) in [6.45, 7) is 0.153. The summed E-state index contributed by atoms with van der Waals surface area (Å²) < 4.78 is 10.4. The van der Waals surface area contributed by atoms with Gasteiger partial charge in [-0.2, -0.15) is 0 Å². The van der Waals surface area contributed by atoms with Crippen LogP contribution in [0.1, 0.15) is 24.4 Å². The number of aliphatic hydroxyl groups is 1. The topological polar surface area (TPSA) is 64.7 Å². The molecular weight excluding hydrogens is 206 g/mol. The van der Waals surface area contributed by atoms with Gasteiger partial charge in [0.2, 0.25) is 0 Å². The second-order valence-electron chi connectivity index (χ2n) is 3.58. The van der Waals surface area contributed by atoms with Crippen molar-refractivity contribution in [1.29, 1.82) is 0 Å². The zero-order chi connectivity index (χ0) is 12.0. The van der Waals surface area contributed by atoms with Crippen molar-refractivity contribution in [3.05, 3.63) is 23.8 Å². The number of nitrogens with two attached hydrogens (primary N) is 1. The number of rotatable bonds is 6. The minimum atomic E-state index is -0.141. The molecular formula is C12H19NO3. The third kappa shape index (κ3) is 3.12. The van der Waals surface area contributed by atoms with Gasteiger partial charge in [0.25, 0.3) is 0 Å². The highest BCUT2D eigenvalue weighted by atomic mass is 16.5. The van der Waals surface area contributed by atoms with Crippen molar-refractivity contribution in [3.8, 4) is 11.5 Å². The van der Waals surface area contributed by atoms with E-state index in [1.54, 1.807) is 14.2 Å². The molecule has 0 radical (unpaired) electrons. The fourth-order valence-electron chi connectivity index (χ4n) is 1.60. The van der Waals surface area contributed by atoms with E-state index in [1.807, 2.05) is 18.2 Å². The van der Waals surface area contributed by atoms with Crippen molar-refractivity contribution in [1.82, 2.24) is 0 Å². The van der Waals surface area contributed by atoms with E-state index < -0.39 is 0 Å². The van der Waals surface area contributed by atoms with Gasteiger partial charge in [0.1, 0.15) is 11.5 Å². The largest absolute Gasteiger partial charge is 0.497 e. The molecule has 0 bridgehead atoms. The van der Waals surface area contributed by atoms with Crippen LogP contribution in [0.25, 0.3) is 0 Å². The van der Waals surface area contributed by atoms with Gasteiger partial charge in [0.15, 0.2) is 0 Å². The maximum atomic E-state index is 8.78. The van der Waals surface area contributed by atoms with Crippen molar-refractivity contribution in [2.45, 2.75) is 18.9 Å². The average molecular weight is 225 g/mol. The van der Waals surface area contributed by atoms with Crippen LogP contribution in [0.3, 0.4) is 0 Å². The average Bonchev–Trinajstić information content (AvgIpc) is 2.35. The lowest BCUT2D eigenvalue weighted by molar-refractivity contribution is 0.279. The van der Waals surface area contributed by atoms with Crippen LogP contribution in [-0.4, -0.2) is 25.9 Å². The molecule has 0 saturated heterocycles. The fraction of sp³-hybridized carbons (Fsp3) is 0.500. The number of benzene rings is 1. The first kappa shape index (κ1) is 12.8. The quantitative estimate of drug-likeness (QED) is 0.769. The summed E-state index contributed by atoms with van der Waals surface area (Å²) in [7, 11) is 3.23. The Morgan fingerprint density at radius 3 is 2.62 bits per heavy atom. The molecule has 3 N–H and O–H groups in total. The first-order chi connectivity index (χ1) is 7.72.